The van der Waals surface area contributed by atoms with Crippen LogP contribution in [0.15, 0.2) is 61.2 Å². The maximum Gasteiger partial charge on any atom is 0.0889 e. The van der Waals surface area contributed by atoms with E-state index in [4.69, 9.17) is 16.6 Å². The van der Waals surface area contributed by atoms with E-state index in [1.165, 1.54) is 12.0 Å². The van der Waals surface area contributed by atoms with Crippen LogP contribution in [0.4, 0.5) is 0 Å². The van der Waals surface area contributed by atoms with E-state index in [-0.39, 0.29) is 0 Å². The Morgan fingerprint density at radius 2 is 1.96 bits per heavy atom. The molecule has 1 atom stereocenters. The van der Waals surface area contributed by atoms with Gasteiger partial charge in [0.15, 0.2) is 0 Å². The summed E-state index contributed by atoms with van der Waals surface area (Å²) in [6.45, 7) is 3.09. The maximum absolute atomic E-state index is 6.12. The zero-order chi connectivity index (χ0) is 17.8. The van der Waals surface area contributed by atoms with Crippen LogP contribution >= 0.6 is 11.6 Å². The molecule has 3 aromatic rings. The summed E-state index contributed by atoms with van der Waals surface area (Å²) in [5.74, 6) is 0.414. The first-order valence-electron chi connectivity index (χ1n) is 8.97. The molecule has 0 saturated carbocycles. The van der Waals surface area contributed by atoms with Gasteiger partial charge >= 0.3 is 0 Å². The van der Waals surface area contributed by atoms with Crippen LogP contribution in [0.2, 0.25) is 5.02 Å². The molecule has 0 N–H and O–H groups in total. The van der Waals surface area contributed by atoms with E-state index in [9.17, 15) is 0 Å². The molecule has 132 valence electrons. The molecule has 0 aliphatic carbocycles. The van der Waals surface area contributed by atoms with Crippen molar-refractivity contribution in [1.82, 2.24) is 19.9 Å². The molecule has 2 aromatic heterocycles. The van der Waals surface area contributed by atoms with Crippen molar-refractivity contribution >= 4 is 11.6 Å². The van der Waals surface area contributed by atoms with Gasteiger partial charge in [-0.15, -0.1) is 0 Å². The van der Waals surface area contributed by atoms with Gasteiger partial charge in [-0.3, -0.25) is 14.9 Å². The smallest absolute Gasteiger partial charge is 0.0889 e. The zero-order valence-electron chi connectivity index (χ0n) is 14.6. The minimum absolute atomic E-state index is 0.414. The summed E-state index contributed by atoms with van der Waals surface area (Å²) in [5, 5.41) is 0.718. The predicted molar refractivity (Wildman–Crippen MR) is 104 cm³/mol. The molecule has 1 fully saturated rings. The topological polar surface area (TPSA) is 41.9 Å². The van der Waals surface area contributed by atoms with Gasteiger partial charge in [0.2, 0.25) is 0 Å². The first kappa shape index (κ1) is 17.1. The lowest BCUT2D eigenvalue weighted by atomic mass is 9.94. The Balaban J connectivity index is 1.51. The number of hydrogen-bond acceptors (Lipinski definition) is 4. The van der Waals surface area contributed by atoms with Crippen LogP contribution < -0.4 is 0 Å². The summed E-state index contributed by atoms with van der Waals surface area (Å²) in [6.07, 6.45) is 9.77. The number of hydrogen-bond donors (Lipinski definition) is 0. The normalized spacial score (nSPS) is 18.0. The van der Waals surface area contributed by atoms with Gasteiger partial charge in [0.25, 0.3) is 0 Å². The fourth-order valence-electron chi connectivity index (χ4n) is 3.55. The molecule has 4 nitrogen and oxygen atoms in total. The van der Waals surface area contributed by atoms with Crippen molar-refractivity contribution in [2.75, 3.05) is 13.1 Å². The molecular weight excluding hydrogens is 344 g/mol. The highest BCUT2D eigenvalue weighted by Gasteiger charge is 2.23. The summed E-state index contributed by atoms with van der Waals surface area (Å²) >= 11 is 6.12. The van der Waals surface area contributed by atoms with Gasteiger partial charge in [0, 0.05) is 48.2 Å². The number of piperidine rings is 1. The van der Waals surface area contributed by atoms with Gasteiger partial charge in [-0.1, -0.05) is 23.7 Å². The summed E-state index contributed by atoms with van der Waals surface area (Å²) in [4.78, 5) is 15.9. The van der Waals surface area contributed by atoms with Crippen molar-refractivity contribution in [1.29, 1.82) is 0 Å². The summed E-state index contributed by atoms with van der Waals surface area (Å²) in [5.41, 5.74) is 4.27. The van der Waals surface area contributed by atoms with E-state index >= 15 is 0 Å². The lowest BCUT2D eigenvalue weighted by molar-refractivity contribution is 0.198. The molecule has 0 bridgehead atoms. The maximum atomic E-state index is 6.12. The minimum Gasteiger partial charge on any atom is -0.298 e. The van der Waals surface area contributed by atoms with Gasteiger partial charge in [-0.05, 0) is 49.2 Å². The number of likely N-dealkylation sites (tertiary alicyclic amines) is 1. The predicted octanol–water partition coefficient (Wildman–Crippen LogP) is 4.57. The van der Waals surface area contributed by atoms with E-state index < -0.39 is 0 Å². The molecular formula is C21H21ClN4. The summed E-state index contributed by atoms with van der Waals surface area (Å²) in [6, 6.07) is 12.0. The fourth-order valence-corrected chi connectivity index (χ4v) is 3.74. The third-order valence-corrected chi connectivity index (χ3v) is 5.09. The van der Waals surface area contributed by atoms with Gasteiger partial charge in [0.1, 0.15) is 0 Å². The molecule has 0 radical (unpaired) electrons. The second kappa shape index (κ2) is 7.94. The molecule has 1 saturated heterocycles. The van der Waals surface area contributed by atoms with Crippen LogP contribution in [0, 0.1) is 0 Å². The van der Waals surface area contributed by atoms with Crippen molar-refractivity contribution in [3.05, 3.63) is 77.5 Å². The van der Waals surface area contributed by atoms with Gasteiger partial charge in [0.05, 0.1) is 17.6 Å². The summed E-state index contributed by atoms with van der Waals surface area (Å²) in [7, 11) is 0. The third-order valence-electron chi connectivity index (χ3n) is 4.85. The molecule has 3 heterocycles. The molecule has 1 aliphatic heterocycles. The van der Waals surface area contributed by atoms with Crippen LogP contribution in [0.25, 0.3) is 11.3 Å². The monoisotopic (exact) mass is 364 g/mol. The quantitative estimate of drug-likeness (QED) is 0.680. The van der Waals surface area contributed by atoms with Crippen molar-refractivity contribution in [3.8, 4) is 11.3 Å². The molecule has 1 aliphatic rings. The first-order valence-corrected chi connectivity index (χ1v) is 9.35. The highest BCUT2D eigenvalue weighted by molar-refractivity contribution is 6.30. The first-order chi connectivity index (χ1) is 12.8. The van der Waals surface area contributed by atoms with E-state index in [1.54, 1.807) is 0 Å². The van der Waals surface area contributed by atoms with E-state index in [1.807, 2.05) is 49.1 Å². The lowest BCUT2D eigenvalue weighted by Gasteiger charge is -2.32. The van der Waals surface area contributed by atoms with Crippen LogP contribution in [0.5, 0.6) is 0 Å². The average Bonchev–Trinajstić information content (AvgIpc) is 2.69. The van der Waals surface area contributed by atoms with Crippen molar-refractivity contribution in [2.24, 2.45) is 0 Å². The SMILES string of the molecule is Clc1cccc(-c2cncc([C@@H]3CCCN(Cc4ccncc4)C3)n2)c1. The summed E-state index contributed by atoms with van der Waals surface area (Å²) < 4.78 is 0. The van der Waals surface area contributed by atoms with Crippen molar-refractivity contribution < 1.29 is 0 Å². The Kier molecular flexibility index (Phi) is 5.23. The van der Waals surface area contributed by atoms with E-state index in [0.29, 0.717) is 5.92 Å². The Morgan fingerprint density at radius 1 is 1.08 bits per heavy atom. The second-order valence-electron chi connectivity index (χ2n) is 6.77. The highest BCUT2D eigenvalue weighted by Crippen LogP contribution is 2.28. The van der Waals surface area contributed by atoms with E-state index in [0.717, 1.165) is 48.0 Å². The molecule has 0 spiro atoms. The second-order valence-corrected chi connectivity index (χ2v) is 7.21. The molecule has 0 unspecified atom stereocenters. The third kappa shape index (κ3) is 4.09. The van der Waals surface area contributed by atoms with Crippen molar-refractivity contribution in [2.45, 2.75) is 25.3 Å². The Hall–Kier alpha value is -2.30. The van der Waals surface area contributed by atoms with Crippen LogP contribution in [0.1, 0.15) is 30.0 Å². The number of halogens is 1. The number of pyridine rings is 1. The Labute approximate surface area is 158 Å². The average molecular weight is 365 g/mol. The minimum atomic E-state index is 0.414. The Bertz CT molecular complexity index is 869. The van der Waals surface area contributed by atoms with E-state index in [2.05, 4.69) is 27.0 Å². The lowest BCUT2D eigenvalue weighted by Crippen LogP contribution is -2.34. The molecule has 5 heteroatoms. The standard InChI is InChI=1S/C21H21ClN4/c22-19-5-1-3-17(11-19)20-12-24-13-21(25-20)18-4-2-10-26(15-18)14-16-6-8-23-9-7-16/h1,3,5-9,11-13,18H,2,4,10,14-15H2/t18-/m1/s1. The number of nitrogens with zero attached hydrogens (tertiary/aromatic N) is 4. The van der Waals surface area contributed by atoms with Crippen molar-refractivity contribution in [3.63, 3.8) is 0 Å². The van der Waals surface area contributed by atoms with Crippen LogP contribution in [-0.2, 0) is 6.54 Å². The molecule has 0 amide bonds. The molecule has 26 heavy (non-hydrogen) atoms. The van der Waals surface area contributed by atoms with Crippen LogP contribution in [0.3, 0.4) is 0 Å². The highest BCUT2D eigenvalue weighted by atomic mass is 35.5. The largest absolute Gasteiger partial charge is 0.298 e. The number of benzene rings is 1. The number of aromatic nitrogens is 3. The fraction of sp³-hybridized carbons (Fsp3) is 0.286. The molecule has 4 rings (SSSR count). The molecule has 1 aromatic carbocycles. The van der Waals surface area contributed by atoms with Gasteiger partial charge in [-0.25, -0.2) is 4.98 Å². The van der Waals surface area contributed by atoms with Gasteiger partial charge in [-0.2, -0.15) is 0 Å². The zero-order valence-corrected chi connectivity index (χ0v) is 15.3. The van der Waals surface area contributed by atoms with Gasteiger partial charge < -0.3 is 0 Å². The number of rotatable bonds is 4. The van der Waals surface area contributed by atoms with Crippen LogP contribution in [-0.4, -0.2) is 32.9 Å². The Morgan fingerprint density at radius 3 is 2.81 bits per heavy atom.